The van der Waals surface area contributed by atoms with E-state index in [1.807, 2.05) is 6.07 Å². The van der Waals surface area contributed by atoms with Gasteiger partial charge in [0.05, 0.1) is 27.6 Å². The lowest BCUT2D eigenvalue weighted by Gasteiger charge is -2.36. The number of benzene rings is 2. The molecule has 180 valence electrons. The molecule has 1 atom stereocenters. The quantitative estimate of drug-likeness (QED) is 0.383. The van der Waals surface area contributed by atoms with Crippen molar-refractivity contribution in [3.8, 4) is 0 Å². The molecule has 0 spiro atoms. The lowest BCUT2D eigenvalue weighted by Crippen LogP contribution is -2.46. The largest absolute Gasteiger partial charge is 0.369 e. The summed E-state index contributed by atoms with van der Waals surface area (Å²) in [7, 11) is -4.90. The van der Waals surface area contributed by atoms with Crippen LogP contribution >= 0.6 is 0 Å². The molecule has 2 aromatic rings. The van der Waals surface area contributed by atoms with Crippen LogP contribution in [0.5, 0.6) is 0 Å². The molecule has 0 saturated carbocycles. The summed E-state index contributed by atoms with van der Waals surface area (Å²) in [5, 5.41) is 0. The number of nitrogens with zero attached hydrogens (tertiary/aromatic N) is 2. The van der Waals surface area contributed by atoms with Crippen LogP contribution in [0.1, 0.15) is 36.0 Å². The molecule has 3 rings (SSSR count). The Morgan fingerprint density at radius 3 is 2.33 bits per heavy atom. The van der Waals surface area contributed by atoms with E-state index in [1.54, 1.807) is 12.1 Å². The molecule has 33 heavy (non-hydrogen) atoms. The van der Waals surface area contributed by atoms with Gasteiger partial charge in [-0.25, -0.2) is 8.42 Å². The van der Waals surface area contributed by atoms with Gasteiger partial charge in [-0.1, -0.05) is 30.7 Å². The van der Waals surface area contributed by atoms with E-state index in [2.05, 4.69) is 38.8 Å². The highest BCUT2D eigenvalue weighted by atomic mass is 32.2. The molecule has 0 aliphatic carbocycles. The van der Waals surface area contributed by atoms with Crippen LogP contribution in [0, 0.1) is 0 Å². The second-order valence-electron chi connectivity index (χ2n) is 8.44. The predicted octanol–water partition coefficient (Wildman–Crippen LogP) is 3.36. The second-order valence-corrected chi connectivity index (χ2v) is 11.5. The van der Waals surface area contributed by atoms with Crippen LogP contribution in [0.15, 0.2) is 53.4 Å². The van der Waals surface area contributed by atoms with Crippen LogP contribution in [0.4, 0.5) is 11.4 Å². The molecule has 1 fully saturated rings. The van der Waals surface area contributed by atoms with Crippen LogP contribution < -0.4 is 9.62 Å². The summed E-state index contributed by atoms with van der Waals surface area (Å²) in [6.45, 7) is 5.20. The minimum Gasteiger partial charge on any atom is -0.369 e. The van der Waals surface area contributed by atoms with Crippen molar-refractivity contribution in [1.29, 1.82) is 0 Å². The van der Waals surface area contributed by atoms with Gasteiger partial charge in [-0.2, -0.15) is 0 Å². The molecule has 0 radical (unpaired) electrons. The van der Waals surface area contributed by atoms with Gasteiger partial charge in [0.15, 0.2) is 5.78 Å². The minimum absolute atomic E-state index is 0.0311. The van der Waals surface area contributed by atoms with E-state index in [1.165, 1.54) is 18.0 Å². The molecular formula is C24H33N3O4S2. The minimum atomic E-state index is -3.53. The van der Waals surface area contributed by atoms with E-state index in [0.29, 0.717) is 16.9 Å². The van der Waals surface area contributed by atoms with Gasteiger partial charge in [-0.3, -0.25) is 18.6 Å². The summed E-state index contributed by atoms with van der Waals surface area (Å²) in [5.41, 5.74) is 1.93. The molecule has 0 amide bonds. The van der Waals surface area contributed by atoms with Crippen LogP contribution in [0.25, 0.3) is 0 Å². The zero-order chi connectivity index (χ0) is 23.8. The molecule has 1 saturated heterocycles. The molecule has 2 aromatic carbocycles. The monoisotopic (exact) mass is 491 g/mol. The average Bonchev–Trinajstić information content (AvgIpc) is 2.78. The normalized spacial score (nSPS) is 15.9. The molecule has 0 aromatic heterocycles. The summed E-state index contributed by atoms with van der Waals surface area (Å²) < 4.78 is 37.5. The SMILES string of the molecule is CS(=O)c1ccc(C(=O)CCCCCN2CCN(c3ccccc3)CC2)cc1NS(C)(=O)=O. The number of hydrogen-bond donors (Lipinski definition) is 1. The van der Waals surface area contributed by atoms with Crippen molar-refractivity contribution in [3.63, 3.8) is 0 Å². The first-order chi connectivity index (χ1) is 15.7. The first-order valence-electron chi connectivity index (χ1n) is 11.2. The number of para-hydroxylation sites is 1. The Morgan fingerprint density at radius 1 is 1.00 bits per heavy atom. The molecule has 1 heterocycles. The first kappa shape index (κ1) is 25.4. The van der Waals surface area contributed by atoms with Crippen molar-refractivity contribution in [2.75, 3.05) is 54.9 Å². The van der Waals surface area contributed by atoms with E-state index >= 15 is 0 Å². The maximum atomic E-state index is 12.6. The first-order valence-corrected chi connectivity index (χ1v) is 14.7. The molecule has 1 unspecified atom stereocenters. The number of unbranched alkanes of at least 4 members (excludes halogenated alkanes) is 2. The second kappa shape index (κ2) is 11.8. The van der Waals surface area contributed by atoms with E-state index < -0.39 is 20.8 Å². The van der Waals surface area contributed by atoms with Gasteiger partial charge in [0, 0.05) is 50.1 Å². The third-order valence-corrected chi connectivity index (χ3v) is 7.34. The Balaban J connectivity index is 1.41. The van der Waals surface area contributed by atoms with Gasteiger partial charge in [0.1, 0.15) is 0 Å². The topological polar surface area (TPSA) is 86.8 Å². The highest BCUT2D eigenvalue weighted by Crippen LogP contribution is 2.23. The van der Waals surface area contributed by atoms with Gasteiger partial charge < -0.3 is 4.90 Å². The smallest absolute Gasteiger partial charge is 0.229 e. The predicted molar refractivity (Wildman–Crippen MR) is 135 cm³/mol. The molecule has 7 nitrogen and oxygen atoms in total. The van der Waals surface area contributed by atoms with Gasteiger partial charge in [-0.15, -0.1) is 0 Å². The van der Waals surface area contributed by atoms with Crippen LogP contribution in [-0.4, -0.2) is 68.5 Å². The highest BCUT2D eigenvalue weighted by molar-refractivity contribution is 7.92. The van der Waals surface area contributed by atoms with E-state index in [9.17, 15) is 17.4 Å². The maximum absolute atomic E-state index is 12.6. The average molecular weight is 492 g/mol. The summed E-state index contributed by atoms with van der Waals surface area (Å²) in [5.74, 6) is -0.0311. The zero-order valence-corrected chi connectivity index (χ0v) is 21.0. The fourth-order valence-corrected chi connectivity index (χ4v) is 5.36. The Bertz CT molecular complexity index is 1070. The number of carbonyl (C=O) groups is 1. The molecule has 9 heteroatoms. The summed E-state index contributed by atoms with van der Waals surface area (Å²) in [6, 6.07) is 15.2. The molecular weight excluding hydrogens is 458 g/mol. The maximum Gasteiger partial charge on any atom is 0.229 e. The number of rotatable bonds is 11. The molecule has 1 aliphatic heterocycles. The van der Waals surface area contributed by atoms with Crippen molar-refractivity contribution in [2.24, 2.45) is 0 Å². The molecule has 1 N–H and O–H groups in total. The Morgan fingerprint density at radius 2 is 1.70 bits per heavy atom. The summed E-state index contributed by atoms with van der Waals surface area (Å²) >= 11 is 0. The number of ketones is 1. The van der Waals surface area contributed by atoms with Crippen molar-refractivity contribution >= 4 is 38.0 Å². The fraction of sp³-hybridized carbons (Fsp3) is 0.458. The third kappa shape index (κ3) is 7.94. The van der Waals surface area contributed by atoms with Crippen LogP contribution in [0.2, 0.25) is 0 Å². The van der Waals surface area contributed by atoms with Gasteiger partial charge in [0.25, 0.3) is 0 Å². The van der Waals surface area contributed by atoms with Gasteiger partial charge >= 0.3 is 0 Å². The lowest BCUT2D eigenvalue weighted by atomic mass is 10.0. The number of carbonyl (C=O) groups excluding carboxylic acids is 1. The number of anilines is 2. The van der Waals surface area contributed by atoms with Crippen molar-refractivity contribution in [2.45, 2.75) is 30.6 Å². The van der Waals surface area contributed by atoms with E-state index in [0.717, 1.165) is 58.2 Å². The fourth-order valence-electron chi connectivity index (χ4n) is 4.04. The van der Waals surface area contributed by atoms with Crippen molar-refractivity contribution < 1.29 is 17.4 Å². The molecule has 1 aliphatic rings. The zero-order valence-electron chi connectivity index (χ0n) is 19.3. The molecule has 0 bridgehead atoms. The van der Waals surface area contributed by atoms with Gasteiger partial charge in [0.2, 0.25) is 10.0 Å². The van der Waals surface area contributed by atoms with Crippen molar-refractivity contribution in [3.05, 3.63) is 54.1 Å². The number of sulfonamides is 1. The van der Waals surface area contributed by atoms with Crippen molar-refractivity contribution in [1.82, 2.24) is 4.90 Å². The Kier molecular flexibility index (Phi) is 9.05. The highest BCUT2D eigenvalue weighted by Gasteiger charge is 2.17. The van der Waals surface area contributed by atoms with Gasteiger partial charge in [-0.05, 0) is 43.7 Å². The van der Waals surface area contributed by atoms with Crippen LogP contribution in [-0.2, 0) is 20.8 Å². The summed E-state index contributed by atoms with van der Waals surface area (Å²) in [6.07, 6.45) is 5.73. The summed E-state index contributed by atoms with van der Waals surface area (Å²) in [4.78, 5) is 17.9. The lowest BCUT2D eigenvalue weighted by molar-refractivity contribution is 0.0978. The number of piperazine rings is 1. The van der Waals surface area contributed by atoms with Crippen LogP contribution in [0.3, 0.4) is 0 Å². The number of nitrogens with one attached hydrogen (secondary N) is 1. The third-order valence-electron chi connectivity index (χ3n) is 5.78. The van der Waals surface area contributed by atoms with E-state index in [-0.39, 0.29) is 11.5 Å². The Labute approximate surface area is 199 Å². The number of hydrogen-bond acceptors (Lipinski definition) is 6. The van der Waals surface area contributed by atoms with E-state index in [4.69, 9.17) is 0 Å². The standard InChI is InChI=1S/C24H33N3O4S2/c1-32(29)24-13-12-20(19-22(24)25-33(2,30)31)23(28)11-7-4-8-14-26-15-17-27(18-16-26)21-9-5-3-6-10-21/h3,5-6,9-10,12-13,19,25H,4,7-8,11,14-18H2,1-2H3. The Hall–Kier alpha value is -2.23. The number of Topliss-reactive ketones (excluding diaryl/α,β-unsaturated/α-hetero) is 1.